The highest BCUT2D eigenvalue weighted by Gasteiger charge is 2.31. The fourth-order valence-corrected chi connectivity index (χ4v) is 3.02. The van der Waals surface area contributed by atoms with Gasteiger partial charge >= 0.3 is 11.9 Å². The fourth-order valence-electron chi connectivity index (χ4n) is 2.85. The molecule has 0 unspecified atom stereocenters. The highest BCUT2D eigenvalue weighted by Crippen LogP contribution is 2.37. The maximum atomic E-state index is 13.0. The number of alkyl halides is 3. The van der Waals surface area contributed by atoms with Gasteiger partial charge in [-0.1, -0.05) is 11.6 Å². The molecule has 0 aliphatic carbocycles. The molecule has 2 aromatic rings. The largest absolute Gasteiger partial charge is 0.416 e. The zero-order valence-electron chi connectivity index (χ0n) is 15.6. The fraction of sp³-hybridized carbons (Fsp3) is 0.412. The van der Waals surface area contributed by atoms with Crippen LogP contribution in [-0.2, 0) is 10.9 Å². The first-order valence-corrected chi connectivity index (χ1v) is 9.30. The lowest BCUT2D eigenvalue weighted by Crippen LogP contribution is -2.39. The Bertz CT molecular complexity index is 909. The van der Waals surface area contributed by atoms with Crippen LogP contribution in [0.1, 0.15) is 5.56 Å². The molecule has 0 radical (unpaired) electrons. The van der Waals surface area contributed by atoms with Crippen LogP contribution in [0.5, 0.6) is 0 Å². The predicted octanol–water partition coefficient (Wildman–Crippen LogP) is 3.54. The molecule has 0 atom stereocenters. The number of morpholine rings is 1. The quantitative estimate of drug-likeness (QED) is 0.491. The van der Waals surface area contributed by atoms with E-state index >= 15 is 0 Å². The van der Waals surface area contributed by atoms with Crippen molar-refractivity contribution < 1.29 is 22.8 Å². The average Bonchev–Trinajstić information content (AvgIpc) is 2.69. The molecule has 13 heteroatoms. The van der Waals surface area contributed by atoms with Gasteiger partial charge in [-0.15, -0.1) is 0 Å². The topological polar surface area (TPSA) is 105 Å². The molecule has 1 aliphatic rings. The summed E-state index contributed by atoms with van der Waals surface area (Å²) >= 11 is 5.96. The Morgan fingerprint density at radius 3 is 2.60 bits per heavy atom. The van der Waals surface area contributed by atoms with Crippen LogP contribution < -0.4 is 10.6 Å². The van der Waals surface area contributed by atoms with E-state index in [0.717, 1.165) is 37.6 Å². The molecule has 1 aromatic carbocycles. The zero-order valence-corrected chi connectivity index (χ0v) is 16.3. The van der Waals surface area contributed by atoms with Crippen molar-refractivity contribution in [3.8, 4) is 0 Å². The molecule has 3 rings (SSSR count). The van der Waals surface area contributed by atoms with Crippen molar-refractivity contribution >= 4 is 34.6 Å². The Morgan fingerprint density at radius 1 is 1.23 bits per heavy atom. The van der Waals surface area contributed by atoms with Gasteiger partial charge in [0.05, 0.1) is 34.4 Å². The number of nitrogens with zero attached hydrogens (tertiary/aromatic N) is 4. The van der Waals surface area contributed by atoms with Crippen LogP contribution in [0.15, 0.2) is 24.5 Å². The van der Waals surface area contributed by atoms with Crippen molar-refractivity contribution in [2.75, 3.05) is 50.0 Å². The standard InChI is InChI=1S/C17H18ClF3N6O3/c18-12-2-1-11(17(19,20)21)9-13(12)25-16-14(27(28)29)15(23-10-24-16)22-3-4-26-5-7-30-8-6-26/h1-2,9-10H,3-8H2,(H2,22,23,24,25). The molecule has 30 heavy (non-hydrogen) atoms. The number of halogens is 4. The number of benzene rings is 1. The number of nitrogens with one attached hydrogen (secondary N) is 2. The van der Waals surface area contributed by atoms with Crippen molar-refractivity contribution in [1.29, 1.82) is 0 Å². The summed E-state index contributed by atoms with van der Waals surface area (Å²) in [5, 5.41) is 17.0. The van der Waals surface area contributed by atoms with E-state index in [-0.39, 0.29) is 22.3 Å². The molecule has 9 nitrogen and oxygen atoms in total. The zero-order chi connectivity index (χ0) is 21.7. The van der Waals surface area contributed by atoms with Gasteiger partial charge in [-0.2, -0.15) is 13.2 Å². The van der Waals surface area contributed by atoms with Crippen LogP contribution in [0, 0.1) is 10.1 Å². The van der Waals surface area contributed by atoms with Crippen molar-refractivity contribution in [2.24, 2.45) is 0 Å². The average molecular weight is 447 g/mol. The first kappa shape index (κ1) is 22.0. The number of rotatable bonds is 7. The Hall–Kier alpha value is -2.70. The van der Waals surface area contributed by atoms with Gasteiger partial charge < -0.3 is 15.4 Å². The van der Waals surface area contributed by atoms with Gasteiger partial charge in [-0.05, 0) is 18.2 Å². The van der Waals surface area contributed by atoms with Gasteiger partial charge in [0, 0.05) is 26.2 Å². The normalized spacial score (nSPS) is 15.1. The van der Waals surface area contributed by atoms with E-state index < -0.39 is 22.4 Å². The van der Waals surface area contributed by atoms with E-state index in [4.69, 9.17) is 16.3 Å². The third-order valence-electron chi connectivity index (χ3n) is 4.38. The lowest BCUT2D eigenvalue weighted by atomic mass is 10.2. The first-order chi connectivity index (χ1) is 14.3. The van der Waals surface area contributed by atoms with E-state index in [9.17, 15) is 23.3 Å². The lowest BCUT2D eigenvalue weighted by molar-refractivity contribution is -0.383. The highest BCUT2D eigenvalue weighted by atomic mass is 35.5. The molecule has 1 fully saturated rings. The third kappa shape index (κ3) is 5.46. The predicted molar refractivity (Wildman–Crippen MR) is 104 cm³/mol. The van der Waals surface area contributed by atoms with Gasteiger partial charge in [-0.25, -0.2) is 9.97 Å². The maximum Gasteiger partial charge on any atom is 0.416 e. The maximum absolute atomic E-state index is 13.0. The van der Waals surface area contributed by atoms with E-state index in [0.29, 0.717) is 26.3 Å². The summed E-state index contributed by atoms with van der Waals surface area (Å²) in [7, 11) is 0. The Labute approximate surface area is 174 Å². The highest BCUT2D eigenvalue weighted by molar-refractivity contribution is 6.33. The second kappa shape index (κ2) is 9.41. The molecule has 2 heterocycles. The van der Waals surface area contributed by atoms with Crippen molar-refractivity contribution in [3.63, 3.8) is 0 Å². The second-order valence-corrected chi connectivity index (χ2v) is 6.78. The molecular formula is C17H18ClF3N6O3. The smallest absolute Gasteiger partial charge is 0.379 e. The number of nitro groups is 1. The second-order valence-electron chi connectivity index (χ2n) is 6.37. The monoisotopic (exact) mass is 446 g/mol. The van der Waals surface area contributed by atoms with Crippen molar-refractivity contribution in [2.45, 2.75) is 6.18 Å². The molecular weight excluding hydrogens is 429 g/mol. The van der Waals surface area contributed by atoms with E-state index in [2.05, 4.69) is 25.5 Å². The molecule has 1 aromatic heterocycles. The Kier molecular flexibility index (Phi) is 6.90. The van der Waals surface area contributed by atoms with Crippen molar-refractivity contribution in [3.05, 3.63) is 45.2 Å². The van der Waals surface area contributed by atoms with Crippen LogP contribution in [-0.4, -0.2) is 59.2 Å². The van der Waals surface area contributed by atoms with Gasteiger partial charge in [0.2, 0.25) is 11.6 Å². The Balaban J connectivity index is 1.80. The molecule has 2 N–H and O–H groups in total. The Morgan fingerprint density at radius 2 is 1.93 bits per heavy atom. The van der Waals surface area contributed by atoms with Crippen LogP contribution in [0.3, 0.4) is 0 Å². The first-order valence-electron chi connectivity index (χ1n) is 8.93. The van der Waals surface area contributed by atoms with Crippen LogP contribution in [0.25, 0.3) is 0 Å². The number of ether oxygens (including phenoxy) is 1. The summed E-state index contributed by atoms with van der Waals surface area (Å²) in [6.07, 6.45) is -3.52. The van der Waals surface area contributed by atoms with E-state index in [1.165, 1.54) is 0 Å². The number of hydrogen-bond acceptors (Lipinski definition) is 8. The summed E-state index contributed by atoms with van der Waals surface area (Å²) in [4.78, 5) is 20.8. The number of anilines is 3. The molecule has 0 saturated carbocycles. The molecule has 0 amide bonds. The van der Waals surface area contributed by atoms with Gasteiger partial charge in [0.1, 0.15) is 6.33 Å². The van der Waals surface area contributed by atoms with Crippen LogP contribution in [0.4, 0.5) is 36.2 Å². The number of aromatic nitrogens is 2. The summed E-state index contributed by atoms with van der Waals surface area (Å²) < 4.78 is 44.2. The minimum Gasteiger partial charge on any atom is -0.379 e. The number of hydrogen-bond donors (Lipinski definition) is 2. The SMILES string of the molecule is O=[N+]([O-])c1c(NCCN2CCOCC2)ncnc1Nc1cc(C(F)(F)F)ccc1Cl. The minimum absolute atomic E-state index is 0.0438. The van der Waals surface area contributed by atoms with Gasteiger partial charge in [-0.3, -0.25) is 15.0 Å². The van der Waals surface area contributed by atoms with Gasteiger partial charge in [0.25, 0.3) is 0 Å². The summed E-state index contributed by atoms with van der Waals surface area (Å²) in [6.45, 7) is 3.76. The van der Waals surface area contributed by atoms with Crippen LogP contribution in [0.2, 0.25) is 5.02 Å². The summed E-state index contributed by atoms with van der Waals surface area (Å²) in [6, 6.07) is 2.64. The molecule has 0 bridgehead atoms. The lowest BCUT2D eigenvalue weighted by Gasteiger charge is -2.26. The summed E-state index contributed by atoms with van der Waals surface area (Å²) in [5.74, 6) is -0.320. The van der Waals surface area contributed by atoms with Crippen molar-refractivity contribution in [1.82, 2.24) is 14.9 Å². The molecule has 0 spiro atoms. The van der Waals surface area contributed by atoms with Gasteiger partial charge in [0.15, 0.2) is 0 Å². The van der Waals surface area contributed by atoms with Crippen LogP contribution >= 0.6 is 11.6 Å². The molecule has 1 saturated heterocycles. The third-order valence-corrected chi connectivity index (χ3v) is 4.71. The minimum atomic E-state index is -4.59. The van der Waals surface area contributed by atoms with E-state index in [1.54, 1.807) is 0 Å². The molecule has 162 valence electrons. The molecule has 1 aliphatic heterocycles. The van der Waals surface area contributed by atoms with E-state index in [1.807, 2.05) is 0 Å². The summed E-state index contributed by atoms with van der Waals surface area (Å²) in [5.41, 5.74) is -1.60.